The Balaban J connectivity index is 1.48. The van der Waals surface area contributed by atoms with Crippen LogP contribution in [-0.4, -0.2) is 35.0 Å². The molecular weight excluding hydrogens is 431 g/mol. The summed E-state index contributed by atoms with van der Waals surface area (Å²) >= 11 is 0. The summed E-state index contributed by atoms with van der Waals surface area (Å²) in [6.45, 7) is 8.53. The molecule has 3 rings (SSSR count). The first-order chi connectivity index (χ1) is 16.1. The predicted molar refractivity (Wildman–Crippen MR) is 132 cm³/mol. The fraction of sp³-hybridized carbons (Fsp3) is 0.500. The molecular formula is C28H37FN2O3. The van der Waals surface area contributed by atoms with Crippen molar-refractivity contribution in [1.82, 2.24) is 10.2 Å². The van der Waals surface area contributed by atoms with E-state index in [1.54, 1.807) is 19.1 Å². The molecule has 1 fully saturated rings. The van der Waals surface area contributed by atoms with E-state index in [1.807, 2.05) is 25.7 Å². The molecule has 1 amide bonds. The number of esters is 1. The lowest BCUT2D eigenvalue weighted by Crippen LogP contribution is -2.40. The molecule has 184 valence electrons. The van der Waals surface area contributed by atoms with Crippen LogP contribution in [-0.2, 0) is 27.4 Å². The zero-order valence-corrected chi connectivity index (χ0v) is 20.8. The van der Waals surface area contributed by atoms with Crippen LogP contribution in [0.25, 0.3) is 0 Å². The largest absolute Gasteiger partial charge is 0.459 e. The van der Waals surface area contributed by atoms with Crippen LogP contribution in [0.4, 0.5) is 4.39 Å². The highest BCUT2D eigenvalue weighted by atomic mass is 19.1. The van der Waals surface area contributed by atoms with E-state index in [1.165, 1.54) is 17.7 Å². The number of amides is 1. The number of nitrogens with one attached hydrogen (secondary N) is 1. The van der Waals surface area contributed by atoms with Gasteiger partial charge in [0.1, 0.15) is 11.4 Å². The maximum atomic E-state index is 13.2. The van der Waals surface area contributed by atoms with Crippen LogP contribution in [0.1, 0.15) is 76.0 Å². The average molecular weight is 469 g/mol. The molecule has 0 unspecified atom stereocenters. The third-order valence-corrected chi connectivity index (χ3v) is 6.28. The molecule has 2 aromatic carbocycles. The molecule has 0 spiro atoms. The van der Waals surface area contributed by atoms with E-state index in [9.17, 15) is 14.0 Å². The van der Waals surface area contributed by atoms with Gasteiger partial charge in [-0.2, -0.15) is 0 Å². The molecule has 1 aliphatic rings. The van der Waals surface area contributed by atoms with Crippen molar-refractivity contribution in [2.75, 3.05) is 6.54 Å². The molecule has 1 aliphatic carbocycles. The first-order valence-electron chi connectivity index (χ1n) is 12.1. The van der Waals surface area contributed by atoms with Crippen LogP contribution in [0.3, 0.4) is 0 Å². The molecule has 2 aromatic rings. The predicted octanol–water partition coefficient (Wildman–Crippen LogP) is 5.33. The molecule has 1 N–H and O–H groups in total. The molecule has 0 aromatic heterocycles. The molecule has 6 heteroatoms. The van der Waals surface area contributed by atoms with Crippen molar-refractivity contribution in [2.24, 2.45) is 0 Å². The summed E-state index contributed by atoms with van der Waals surface area (Å²) in [6, 6.07) is 15.2. The Morgan fingerprint density at radius 2 is 1.56 bits per heavy atom. The first-order valence-corrected chi connectivity index (χ1v) is 12.1. The van der Waals surface area contributed by atoms with Gasteiger partial charge in [-0.25, -0.2) is 4.39 Å². The molecule has 0 saturated heterocycles. The van der Waals surface area contributed by atoms with Crippen LogP contribution in [0.5, 0.6) is 0 Å². The number of halogens is 1. The Labute approximate surface area is 202 Å². The Kier molecular flexibility index (Phi) is 8.84. The van der Waals surface area contributed by atoms with Gasteiger partial charge in [0.15, 0.2) is 0 Å². The number of benzene rings is 2. The van der Waals surface area contributed by atoms with Crippen molar-refractivity contribution in [2.45, 2.75) is 84.0 Å². The van der Waals surface area contributed by atoms with Crippen LogP contribution in [0.2, 0.25) is 0 Å². The molecule has 0 radical (unpaired) electrons. The second kappa shape index (κ2) is 11.6. The molecule has 1 saturated carbocycles. The number of carbonyl (C=O) groups is 2. The zero-order valence-electron chi connectivity index (χ0n) is 20.8. The van der Waals surface area contributed by atoms with Gasteiger partial charge in [0.25, 0.3) is 0 Å². The summed E-state index contributed by atoms with van der Waals surface area (Å²) in [5.41, 5.74) is 2.93. The van der Waals surface area contributed by atoms with Crippen LogP contribution in [0.15, 0.2) is 48.5 Å². The van der Waals surface area contributed by atoms with Gasteiger partial charge in [0, 0.05) is 26.1 Å². The Hall–Kier alpha value is -2.73. The van der Waals surface area contributed by atoms with Crippen molar-refractivity contribution in [3.8, 4) is 0 Å². The van der Waals surface area contributed by atoms with Crippen molar-refractivity contribution < 1.29 is 18.7 Å². The number of ether oxygens (including phenoxy) is 1. The van der Waals surface area contributed by atoms with Gasteiger partial charge < -0.3 is 15.0 Å². The minimum atomic E-state index is -0.470. The smallest absolute Gasteiger partial charge is 0.320 e. The monoisotopic (exact) mass is 468 g/mol. The third kappa shape index (κ3) is 7.94. The van der Waals surface area contributed by atoms with Gasteiger partial charge in [0.05, 0.1) is 6.54 Å². The van der Waals surface area contributed by atoms with E-state index in [0.717, 1.165) is 36.8 Å². The van der Waals surface area contributed by atoms with Gasteiger partial charge in [-0.05, 0) is 81.2 Å². The lowest BCUT2D eigenvalue weighted by atomic mass is 9.81. The van der Waals surface area contributed by atoms with Crippen molar-refractivity contribution in [3.05, 3.63) is 71.0 Å². The summed E-state index contributed by atoms with van der Waals surface area (Å²) in [6.07, 6.45) is 4.00. The van der Waals surface area contributed by atoms with E-state index in [4.69, 9.17) is 4.74 Å². The standard InChI is InChI=1S/C28H37FN2O3/c1-20(32)31(19-22-7-13-25(29)14-8-22)26-15-11-24(12-16-26)23-9-5-21(6-10-23)17-30-18-27(33)34-28(2,3)4/h5-10,13-14,24,26,30H,11-12,15-19H2,1-4H3. The van der Waals surface area contributed by atoms with Crippen LogP contribution >= 0.6 is 0 Å². The van der Waals surface area contributed by atoms with E-state index >= 15 is 0 Å². The average Bonchev–Trinajstić information content (AvgIpc) is 2.78. The summed E-state index contributed by atoms with van der Waals surface area (Å²) in [7, 11) is 0. The Morgan fingerprint density at radius 3 is 2.12 bits per heavy atom. The highest BCUT2D eigenvalue weighted by Gasteiger charge is 2.28. The highest BCUT2D eigenvalue weighted by molar-refractivity contribution is 5.73. The minimum absolute atomic E-state index is 0.0657. The number of nitrogens with zero attached hydrogens (tertiary/aromatic N) is 1. The molecule has 0 bridgehead atoms. The molecule has 0 aliphatic heterocycles. The Bertz CT molecular complexity index is 943. The quantitative estimate of drug-likeness (QED) is 0.532. The number of hydrogen-bond donors (Lipinski definition) is 1. The SMILES string of the molecule is CC(=O)N(Cc1ccc(F)cc1)C1CCC(c2ccc(CNCC(=O)OC(C)(C)C)cc2)CC1. The Morgan fingerprint density at radius 1 is 0.971 bits per heavy atom. The van der Waals surface area contributed by atoms with Crippen LogP contribution < -0.4 is 5.32 Å². The topological polar surface area (TPSA) is 58.6 Å². The van der Waals surface area contributed by atoms with Gasteiger partial charge >= 0.3 is 5.97 Å². The van der Waals surface area contributed by atoms with Gasteiger partial charge in [-0.15, -0.1) is 0 Å². The zero-order chi connectivity index (χ0) is 24.7. The molecule has 0 heterocycles. The van der Waals surface area contributed by atoms with E-state index in [2.05, 4.69) is 29.6 Å². The minimum Gasteiger partial charge on any atom is -0.459 e. The van der Waals surface area contributed by atoms with Gasteiger partial charge in [-0.3, -0.25) is 9.59 Å². The summed E-state index contributed by atoms with van der Waals surface area (Å²) < 4.78 is 18.5. The van der Waals surface area contributed by atoms with Crippen molar-refractivity contribution >= 4 is 11.9 Å². The fourth-order valence-electron chi connectivity index (χ4n) is 4.60. The second-order valence-electron chi connectivity index (χ2n) is 10.2. The fourth-order valence-corrected chi connectivity index (χ4v) is 4.60. The first kappa shape index (κ1) is 25.9. The highest BCUT2D eigenvalue weighted by Crippen LogP contribution is 2.35. The molecule has 5 nitrogen and oxygen atoms in total. The van der Waals surface area contributed by atoms with Crippen molar-refractivity contribution in [1.29, 1.82) is 0 Å². The summed E-state index contributed by atoms with van der Waals surface area (Å²) in [5.74, 6) is 0.0408. The van der Waals surface area contributed by atoms with Gasteiger partial charge in [0.2, 0.25) is 5.91 Å². The maximum absolute atomic E-state index is 13.2. The number of rotatable bonds is 8. The normalized spacial score (nSPS) is 18.4. The maximum Gasteiger partial charge on any atom is 0.320 e. The molecule has 34 heavy (non-hydrogen) atoms. The van der Waals surface area contributed by atoms with E-state index in [-0.39, 0.29) is 30.3 Å². The lowest BCUT2D eigenvalue weighted by Gasteiger charge is -2.37. The molecule has 0 atom stereocenters. The summed E-state index contributed by atoms with van der Waals surface area (Å²) in [5, 5.41) is 3.14. The number of hydrogen-bond acceptors (Lipinski definition) is 4. The van der Waals surface area contributed by atoms with Gasteiger partial charge in [-0.1, -0.05) is 36.4 Å². The number of carbonyl (C=O) groups excluding carboxylic acids is 2. The summed E-state index contributed by atoms with van der Waals surface area (Å²) in [4.78, 5) is 26.1. The van der Waals surface area contributed by atoms with E-state index < -0.39 is 5.60 Å². The van der Waals surface area contributed by atoms with E-state index in [0.29, 0.717) is 19.0 Å². The second-order valence-corrected chi connectivity index (χ2v) is 10.2. The van der Waals surface area contributed by atoms with Crippen LogP contribution in [0, 0.1) is 5.82 Å². The lowest BCUT2D eigenvalue weighted by molar-refractivity contribution is -0.153. The third-order valence-electron chi connectivity index (χ3n) is 6.28. The van der Waals surface area contributed by atoms with Crippen molar-refractivity contribution in [3.63, 3.8) is 0 Å².